The average molecular weight is 456 g/mol. The standard InChI is InChI=1S/C24H19F3N2O4/c25-24(26,27)17-7-4-8-18(12-17)28-21(30)14-33-23(32)16-11-22(31)29(13-16)20-10-3-6-15-5-1-2-9-19(15)20/h1-10,12,16H,11,13-14H2,(H,28,30)/t16-/m0/s1. The molecule has 0 saturated carbocycles. The molecule has 6 nitrogen and oxygen atoms in total. The van der Waals surface area contributed by atoms with Crippen LogP contribution in [0.4, 0.5) is 24.5 Å². The second-order valence-electron chi connectivity index (χ2n) is 7.64. The Balaban J connectivity index is 1.36. The van der Waals surface area contributed by atoms with Crippen LogP contribution in [-0.4, -0.2) is 30.9 Å². The summed E-state index contributed by atoms with van der Waals surface area (Å²) in [6.45, 7) is -0.561. The smallest absolute Gasteiger partial charge is 0.416 e. The van der Waals surface area contributed by atoms with Crippen LogP contribution in [0.1, 0.15) is 12.0 Å². The predicted molar refractivity (Wildman–Crippen MR) is 115 cm³/mol. The maximum Gasteiger partial charge on any atom is 0.416 e. The van der Waals surface area contributed by atoms with Gasteiger partial charge in [-0.2, -0.15) is 13.2 Å². The molecule has 0 aromatic heterocycles. The minimum absolute atomic E-state index is 0.0582. The van der Waals surface area contributed by atoms with Gasteiger partial charge in [0, 0.05) is 24.0 Å². The van der Waals surface area contributed by atoms with Gasteiger partial charge in [-0.1, -0.05) is 42.5 Å². The quantitative estimate of drug-likeness (QED) is 0.578. The molecule has 3 aromatic carbocycles. The zero-order valence-electron chi connectivity index (χ0n) is 17.3. The summed E-state index contributed by atoms with van der Waals surface area (Å²) < 4.78 is 43.4. The number of alkyl halides is 3. The zero-order valence-corrected chi connectivity index (χ0v) is 17.3. The van der Waals surface area contributed by atoms with E-state index in [1.54, 1.807) is 6.07 Å². The number of ether oxygens (including phenoxy) is 1. The van der Waals surface area contributed by atoms with Crippen LogP contribution in [-0.2, 0) is 25.3 Å². The van der Waals surface area contributed by atoms with Crippen molar-refractivity contribution >= 4 is 39.9 Å². The van der Waals surface area contributed by atoms with E-state index in [0.717, 1.165) is 29.0 Å². The highest BCUT2D eigenvalue weighted by Gasteiger charge is 2.37. The number of hydrogen-bond acceptors (Lipinski definition) is 4. The van der Waals surface area contributed by atoms with E-state index >= 15 is 0 Å². The van der Waals surface area contributed by atoms with Crippen LogP contribution in [0.3, 0.4) is 0 Å². The largest absolute Gasteiger partial charge is 0.455 e. The molecule has 0 spiro atoms. The third kappa shape index (κ3) is 4.97. The number of amides is 2. The molecule has 1 aliphatic rings. The maximum absolute atomic E-state index is 12.8. The highest BCUT2D eigenvalue weighted by atomic mass is 19.4. The summed E-state index contributed by atoms with van der Waals surface area (Å²) in [4.78, 5) is 38.6. The van der Waals surface area contributed by atoms with Gasteiger partial charge < -0.3 is 15.0 Å². The van der Waals surface area contributed by atoms with E-state index in [1.165, 1.54) is 11.0 Å². The molecular weight excluding hydrogens is 437 g/mol. The first-order valence-corrected chi connectivity index (χ1v) is 10.1. The molecule has 1 N–H and O–H groups in total. The zero-order chi connectivity index (χ0) is 23.6. The van der Waals surface area contributed by atoms with Gasteiger partial charge in [0.15, 0.2) is 6.61 Å². The molecule has 0 aliphatic carbocycles. The first-order chi connectivity index (χ1) is 15.7. The lowest BCUT2D eigenvalue weighted by atomic mass is 10.1. The normalized spacial score (nSPS) is 16.2. The third-order valence-electron chi connectivity index (χ3n) is 5.33. The average Bonchev–Trinajstić information content (AvgIpc) is 3.18. The number of nitrogens with zero attached hydrogens (tertiary/aromatic N) is 1. The summed E-state index contributed by atoms with van der Waals surface area (Å²) in [5.74, 6) is -2.48. The van der Waals surface area contributed by atoms with Crippen LogP contribution < -0.4 is 10.2 Å². The van der Waals surface area contributed by atoms with E-state index in [2.05, 4.69) is 5.32 Å². The van der Waals surface area contributed by atoms with Gasteiger partial charge in [0.1, 0.15) is 0 Å². The number of esters is 1. The summed E-state index contributed by atoms with van der Waals surface area (Å²) in [5.41, 5.74) is -0.282. The summed E-state index contributed by atoms with van der Waals surface area (Å²) in [6, 6.07) is 17.3. The number of halogens is 3. The fourth-order valence-electron chi connectivity index (χ4n) is 3.77. The van der Waals surface area contributed by atoms with Gasteiger partial charge in [0.2, 0.25) is 5.91 Å². The van der Waals surface area contributed by atoms with Gasteiger partial charge >= 0.3 is 12.1 Å². The van der Waals surface area contributed by atoms with E-state index in [9.17, 15) is 27.6 Å². The first kappa shape index (κ1) is 22.3. The molecule has 1 saturated heterocycles. The number of carbonyl (C=O) groups excluding carboxylic acids is 3. The fraction of sp³-hybridized carbons (Fsp3) is 0.208. The van der Waals surface area contributed by atoms with E-state index in [1.807, 2.05) is 36.4 Å². The van der Waals surface area contributed by atoms with Crippen LogP contribution in [0.15, 0.2) is 66.7 Å². The molecule has 1 atom stereocenters. The summed E-state index contributed by atoms with van der Waals surface area (Å²) >= 11 is 0. The van der Waals surface area contributed by atoms with E-state index in [4.69, 9.17) is 4.74 Å². The lowest BCUT2D eigenvalue weighted by Gasteiger charge is -2.18. The van der Waals surface area contributed by atoms with Crippen LogP contribution >= 0.6 is 0 Å². The number of anilines is 2. The molecular formula is C24H19F3N2O4. The Morgan fingerprint density at radius 1 is 1.03 bits per heavy atom. The van der Waals surface area contributed by atoms with Crippen LogP contribution in [0.5, 0.6) is 0 Å². The van der Waals surface area contributed by atoms with Crippen molar-refractivity contribution < 1.29 is 32.3 Å². The van der Waals surface area contributed by atoms with Gasteiger partial charge in [-0.05, 0) is 29.7 Å². The van der Waals surface area contributed by atoms with Crippen LogP contribution in [0.25, 0.3) is 10.8 Å². The molecule has 33 heavy (non-hydrogen) atoms. The molecule has 0 bridgehead atoms. The lowest BCUT2D eigenvalue weighted by Crippen LogP contribution is -2.28. The van der Waals surface area contributed by atoms with Crippen molar-refractivity contribution in [2.24, 2.45) is 5.92 Å². The van der Waals surface area contributed by atoms with Gasteiger partial charge in [-0.25, -0.2) is 0 Å². The summed E-state index contributed by atoms with van der Waals surface area (Å²) in [5, 5.41) is 4.11. The first-order valence-electron chi connectivity index (χ1n) is 10.1. The van der Waals surface area contributed by atoms with Crippen LogP contribution in [0, 0.1) is 5.92 Å². The van der Waals surface area contributed by atoms with Crippen LogP contribution in [0.2, 0.25) is 0 Å². The topological polar surface area (TPSA) is 75.7 Å². The van der Waals surface area contributed by atoms with Gasteiger partial charge in [0.25, 0.3) is 5.91 Å². The third-order valence-corrected chi connectivity index (χ3v) is 5.33. The second-order valence-corrected chi connectivity index (χ2v) is 7.64. The van der Waals surface area contributed by atoms with Crippen molar-refractivity contribution in [2.45, 2.75) is 12.6 Å². The number of carbonyl (C=O) groups is 3. The Hall–Kier alpha value is -3.88. The van der Waals surface area contributed by atoms with Gasteiger partial charge in [0.05, 0.1) is 17.2 Å². The number of fused-ring (bicyclic) bond motifs is 1. The molecule has 0 radical (unpaired) electrons. The molecule has 3 aromatic rings. The van der Waals surface area contributed by atoms with E-state index < -0.39 is 36.1 Å². The SMILES string of the molecule is O=C(COC(=O)[C@H]1CC(=O)N(c2cccc3ccccc23)C1)Nc1cccc(C(F)(F)F)c1. The van der Waals surface area contributed by atoms with E-state index in [0.29, 0.717) is 5.69 Å². The van der Waals surface area contributed by atoms with Crippen molar-refractivity contribution in [3.8, 4) is 0 Å². The molecule has 0 unspecified atom stereocenters. The minimum Gasteiger partial charge on any atom is -0.455 e. The van der Waals surface area contributed by atoms with Gasteiger partial charge in [-0.15, -0.1) is 0 Å². The molecule has 2 amide bonds. The Morgan fingerprint density at radius 3 is 2.55 bits per heavy atom. The summed E-state index contributed by atoms with van der Waals surface area (Å²) in [6.07, 6.45) is -4.60. The van der Waals surface area contributed by atoms with Crippen molar-refractivity contribution in [3.63, 3.8) is 0 Å². The number of nitrogens with one attached hydrogen (secondary N) is 1. The molecule has 1 aliphatic heterocycles. The molecule has 170 valence electrons. The highest BCUT2D eigenvalue weighted by molar-refractivity contribution is 6.06. The number of rotatable bonds is 5. The highest BCUT2D eigenvalue weighted by Crippen LogP contribution is 2.32. The summed E-state index contributed by atoms with van der Waals surface area (Å²) in [7, 11) is 0. The Labute approximate surface area is 186 Å². The Morgan fingerprint density at radius 2 is 1.76 bits per heavy atom. The maximum atomic E-state index is 12.8. The monoisotopic (exact) mass is 456 g/mol. The Kier molecular flexibility index (Phi) is 6.04. The molecule has 1 heterocycles. The molecule has 4 rings (SSSR count). The fourth-order valence-corrected chi connectivity index (χ4v) is 3.77. The van der Waals surface area contributed by atoms with Crippen molar-refractivity contribution in [2.75, 3.05) is 23.4 Å². The van der Waals surface area contributed by atoms with Crippen molar-refractivity contribution in [1.82, 2.24) is 0 Å². The lowest BCUT2D eigenvalue weighted by molar-refractivity contribution is -0.151. The minimum atomic E-state index is -4.54. The molecule has 9 heteroatoms. The second kappa shape index (κ2) is 8.93. The van der Waals surface area contributed by atoms with Gasteiger partial charge in [-0.3, -0.25) is 14.4 Å². The molecule has 1 fully saturated rings. The van der Waals surface area contributed by atoms with Crippen molar-refractivity contribution in [1.29, 1.82) is 0 Å². The number of hydrogen-bond donors (Lipinski definition) is 1. The predicted octanol–water partition coefficient (Wildman–Crippen LogP) is 4.39. The number of benzene rings is 3. The van der Waals surface area contributed by atoms with Crippen molar-refractivity contribution in [3.05, 3.63) is 72.3 Å². The van der Waals surface area contributed by atoms with E-state index in [-0.39, 0.29) is 24.6 Å². The Bertz CT molecular complexity index is 1220.